The summed E-state index contributed by atoms with van der Waals surface area (Å²) in [4.78, 5) is 31.8. The lowest BCUT2D eigenvalue weighted by molar-refractivity contribution is -0.146. The third-order valence-corrected chi connectivity index (χ3v) is 7.56. The van der Waals surface area contributed by atoms with Crippen LogP contribution in [0.25, 0.3) is 0 Å². The molecule has 3 aromatic carbocycles. The molecule has 1 fully saturated rings. The smallest absolute Gasteiger partial charge is 0.323 e. The minimum Gasteiger partial charge on any atom is -0.497 e. The molecular weight excluding hydrogens is 452 g/mol. The van der Waals surface area contributed by atoms with Crippen molar-refractivity contribution in [1.82, 2.24) is 4.90 Å². The van der Waals surface area contributed by atoms with Crippen molar-refractivity contribution in [3.8, 4) is 5.75 Å². The predicted molar refractivity (Wildman–Crippen MR) is 139 cm³/mol. The number of fused-ring (bicyclic) bond motifs is 2. The van der Waals surface area contributed by atoms with Crippen LogP contribution in [-0.2, 0) is 26.3 Å². The fourth-order valence-electron chi connectivity index (χ4n) is 6.07. The predicted octanol–water partition coefficient (Wildman–Crippen LogP) is 4.88. The Bertz CT molecular complexity index is 1250. The Hall–Kier alpha value is -3.64. The zero-order chi connectivity index (χ0) is 25.3. The molecule has 1 amide bonds. The number of benzene rings is 3. The Balaban J connectivity index is 1.74. The van der Waals surface area contributed by atoms with Gasteiger partial charge in [-0.15, -0.1) is 0 Å². The number of hydrogen-bond acceptors (Lipinski definition) is 5. The van der Waals surface area contributed by atoms with Crippen LogP contribution in [0.2, 0.25) is 0 Å². The van der Waals surface area contributed by atoms with Crippen LogP contribution in [0.5, 0.6) is 5.75 Å². The van der Waals surface area contributed by atoms with Crippen molar-refractivity contribution in [2.24, 2.45) is 0 Å². The largest absolute Gasteiger partial charge is 0.497 e. The summed E-state index contributed by atoms with van der Waals surface area (Å²) in [5.41, 5.74) is 2.97. The van der Waals surface area contributed by atoms with Gasteiger partial charge in [-0.3, -0.25) is 14.5 Å². The molecule has 36 heavy (non-hydrogen) atoms. The highest BCUT2D eigenvalue weighted by molar-refractivity contribution is 6.10. The molecule has 0 unspecified atom stereocenters. The third kappa shape index (κ3) is 3.77. The van der Waals surface area contributed by atoms with E-state index in [1.807, 2.05) is 59.5 Å². The van der Waals surface area contributed by atoms with E-state index in [0.29, 0.717) is 25.3 Å². The number of likely N-dealkylation sites (tertiary alicyclic amines) is 1. The summed E-state index contributed by atoms with van der Waals surface area (Å²) >= 11 is 0. The molecule has 0 N–H and O–H groups in total. The standard InChI is InChI=1S/C30H32N2O4/c1-4-17-31-25-18-23(35-2)15-16-24(25)30(29(31)34)19-26(28(33)36-3)32(20-21-11-7-5-8-12-21)27(30)22-13-9-6-10-14-22/h5-16,18,26-27H,4,17,19-20H2,1-3H3/t26-,27-,30-/m0/s1. The van der Waals surface area contributed by atoms with Crippen molar-refractivity contribution in [2.45, 2.75) is 43.8 Å². The van der Waals surface area contributed by atoms with Crippen molar-refractivity contribution in [2.75, 3.05) is 25.7 Å². The van der Waals surface area contributed by atoms with E-state index < -0.39 is 11.5 Å². The van der Waals surface area contributed by atoms with E-state index in [1.165, 1.54) is 7.11 Å². The fourth-order valence-corrected chi connectivity index (χ4v) is 6.07. The van der Waals surface area contributed by atoms with E-state index in [2.05, 4.69) is 36.1 Å². The summed E-state index contributed by atoms with van der Waals surface area (Å²) in [7, 11) is 3.06. The van der Waals surface area contributed by atoms with Gasteiger partial charge in [0.15, 0.2) is 0 Å². The summed E-state index contributed by atoms with van der Waals surface area (Å²) in [5.74, 6) is 0.422. The topological polar surface area (TPSA) is 59.1 Å². The average molecular weight is 485 g/mol. The minimum atomic E-state index is -0.925. The average Bonchev–Trinajstić information content (AvgIpc) is 3.37. The van der Waals surface area contributed by atoms with Crippen LogP contribution in [0.4, 0.5) is 5.69 Å². The molecule has 5 rings (SSSR count). The van der Waals surface area contributed by atoms with E-state index in [4.69, 9.17) is 9.47 Å². The van der Waals surface area contributed by atoms with Gasteiger partial charge in [-0.25, -0.2) is 0 Å². The number of rotatable bonds is 7. The molecule has 0 bridgehead atoms. The SMILES string of the molecule is CCCN1C(=O)[C@@]2(C[C@@H](C(=O)OC)N(Cc3ccccc3)[C@H]2c2ccccc2)c2ccc(OC)cc21. The highest BCUT2D eigenvalue weighted by Crippen LogP contribution is 2.59. The molecule has 186 valence electrons. The highest BCUT2D eigenvalue weighted by atomic mass is 16.5. The van der Waals surface area contributed by atoms with Crippen molar-refractivity contribution < 1.29 is 19.1 Å². The van der Waals surface area contributed by atoms with Crippen LogP contribution in [0.3, 0.4) is 0 Å². The Kier molecular flexibility index (Phi) is 6.54. The zero-order valence-corrected chi connectivity index (χ0v) is 21.0. The Morgan fingerprint density at radius 3 is 2.33 bits per heavy atom. The van der Waals surface area contributed by atoms with E-state index >= 15 is 0 Å². The van der Waals surface area contributed by atoms with Crippen molar-refractivity contribution in [3.63, 3.8) is 0 Å². The van der Waals surface area contributed by atoms with Gasteiger partial charge < -0.3 is 14.4 Å². The Labute approximate surface area is 212 Å². The molecule has 0 radical (unpaired) electrons. The number of carbonyl (C=O) groups excluding carboxylic acids is 2. The molecule has 2 heterocycles. The highest BCUT2D eigenvalue weighted by Gasteiger charge is 2.64. The Morgan fingerprint density at radius 1 is 1.00 bits per heavy atom. The molecule has 3 atom stereocenters. The molecule has 0 saturated carbocycles. The van der Waals surface area contributed by atoms with Gasteiger partial charge in [0.2, 0.25) is 5.91 Å². The first-order valence-corrected chi connectivity index (χ1v) is 12.5. The molecule has 1 spiro atoms. The number of esters is 1. The lowest BCUT2D eigenvalue weighted by Gasteiger charge is -2.35. The summed E-state index contributed by atoms with van der Waals surface area (Å²) in [6.07, 6.45) is 1.17. The first-order valence-electron chi connectivity index (χ1n) is 12.5. The quantitative estimate of drug-likeness (QED) is 0.448. The van der Waals surface area contributed by atoms with Crippen molar-refractivity contribution in [1.29, 1.82) is 0 Å². The summed E-state index contributed by atoms with van der Waals surface area (Å²) < 4.78 is 10.8. The van der Waals surface area contributed by atoms with Gasteiger partial charge in [0.05, 0.1) is 31.4 Å². The maximum absolute atomic E-state index is 14.5. The summed E-state index contributed by atoms with van der Waals surface area (Å²) in [6, 6.07) is 25.1. The lowest BCUT2D eigenvalue weighted by Crippen LogP contribution is -2.45. The minimum absolute atomic E-state index is 0.0333. The number of methoxy groups -OCH3 is 2. The lowest BCUT2D eigenvalue weighted by atomic mass is 9.72. The molecule has 1 saturated heterocycles. The second kappa shape index (κ2) is 9.78. The van der Waals surface area contributed by atoms with Crippen molar-refractivity contribution >= 4 is 17.6 Å². The Morgan fingerprint density at radius 2 is 1.69 bits per heavy atom. The van der Waals surface area contributed by atoms with E-state index in [9.17, 15) is 9.59 Å². The molecule has 6 nitrogen and oxygen atoms in total. The summed E-state index contributed by atoms with van der Waals surface area (Å²) in [6.45, 7) is 3.19. The van der Waals surface area contributed by atoms with Crippen LogP contribution in [0.15, 0.2) is 78.9 Å². The molecule has 6 heteroatoms. The van der Waals surface area contributed by atoms with Crippen LogP contribution in [0, 0.1) is 0 Å². The molecule has 2 aliphatic heterocycles. The van der Waals surface area contributed by atoms with Gasteiger partial charge in [-0.1, -0.05) is 73.7 Å². The number of ether oxygens (including phenoxy) is 2. The molecule has 0 aliphatic carbocycles. The number of anilines is 1. The maximum atomic E-state index is 14.5. The van der Waals surface area contributed by atoms with Gasteiger partial charge in [0.25, 0.3) is 0 Å². The normalized spacial score (nSPS) is 23.2. The van der Waals surface area contributed by atoms with E-state index in [1.54, 1.807) is 7.11 Å². The molecule has 0 aromatic heterocycles. The van der Waals surface area contributed by atoms with Crippen LogP contribution in [0.1, 0.15) is 42.5 Å². The zero-order valence-electron chi connectivity index (χ0n) is 21.0. The van der Waals surface area contributed by atoms with Gasteiger partial charge >= 0.3 is 5.97 Å². The molecular formula is C30H32N2O4. The number of carbonyl (C=O) groups is 2. The van der Waals surface area contributed by atoms with Crippen LogP contribution in [-0.4, -0.2) is 43.6 Å². The van der Waals surface area contributed by atoms with Crippen LogP contribution >= 0.6 is 0 Å². The van der Waals surface area contributed by atoms with Crippen molar-refractivity contribution in [3.05, 3.63) is 95.6 Å². The van der Waals surface area contributed by atoms with Crippen LogP contribution < -0.4 is 9.64 Å². The number of hydrogen-bond donors (Lipinski definition) is 0. The third-order valence-electron chi connectivity index (χ3n) is 7.56. The second-order valence-electron chi connectivity index (χ2n) is 9.53. The second-order valence-corrected chi connectivity index (χ2v) is 9.53. The first kappa shape index (κ1) is 24.1. The molecule has 3 aromatic rings. The monoisotopic (exact) mass is 484 g/mol. The van der Waals surface area contributed by atoms with Gasteiger partial charge in [0.1, 0.15) is 11.8 Å². The molecule has 2 aliphatic rings. The van der Waals surface area contributed by atoms with Gasteiger partial charge in [-0.2, -0.15) is 0 Å². The maximum Gasteiger partial charge on any atom is 0.323 e. The van der Waals surface area contributed by atoms with Gasteiger partial charge in [0, 0.05) is 19.2 Å². The number of nitrogens with zero attached hydrogens (tertiary/aromatic N) is 2. The fraction of sp³-hybridized carbons (Fsp3) is 0.333. The van der Waals surface area contributed by atoms with E-state index in [0.717, 1.165) is 28.8 Å². The summed E-state index contributed by atoms with van der Waals surface area (Å²) in [5, 5.41) is 0. The van der Waals surface area contributed by atoms with E-state index in [-0.39, 0.29) is 17.9 Å². The first-order chi connectivity index (χ1) is 17.5. The van der Waals surface area contributed by atoms with Gasteiger partial charge in [-0.05, 0) is 35.6 Å². The number of amides is 1.